The third-order valence-electron chi connectivity index (χ3n) is 8.61. The van der Waals surface area contributed by atoms with Gasteiger partial charge in [-0.1, -0.05) is 60.0 Å². The van der Waals surface area contributed by atoms with Gasteiger partial charge in [-0.3, -0.25) is 19.4 Å². The van der Waals surface area contributed by atoms with Gasteiger partial charge in [-0.2, -0.15) is 5.10 Å². The molecule has 2 aromatic carbocycles. The summed E-state index contributed by atoms with van der Waals surface area (Å²) in [6.07, 6.45) is 6.50. The van der Waals surface area contributed by atoms with E-state index in [0.717, 1.165) is 11.1 Å². The lowest BCUT2D eigenvalue weighted by atomic mass is 9.45. The molecule has 3 aliphatic carbocycles. The Morgan fingerprint density at radius 3 is 2.35 bits per heavy atom. The van der Waals surface area contributed by atoms with Gasteiger partial charge in [0.05, 0.1) is 32.3 Å². The van der Waals surface area contributed by atoms with Gasteiger partial charge >= 0.3 is 0 Å². The average molecular weight is 618 g/mol. The number of amides is 3. The summed E-state index contributed by atoms with van der Waals surface area (Å²) in [7, 11) is 0. The van der Waals surface area contributed by atoms with Gasteiger partial charge in [-0.25, -0.2) is 4.68 Å². The number of rotatable bonds is 9. The molecule has 3 saturated carbocycles. The second-order valence-corrected chi connectivity index (χ2v) is 12.3. The Kier molecular flexibility index (Phi) is 7.70. The van der Waals surface area contributed by atoms with Gasteiger partial charge in [0.25, 0.3) is 0 Å². The van der Waals surface area contributed by atoms with Crippen molar-refractivity contribution >= 4 is 46.7 Å². The lowest BCUT2D eigenvalue weighted by molar-refractivity contribution is -0.166. The number of aromatic nitrogens is 3. The SMILES string of the molecule is NC(=O)[C@H](Cc1ccccc1)NC(=O)C12CCCC(C(=O)Nc3cc(-c4cccnc4)nn3-c3ccc(Cl)c(Cl)c3)(C1)C2. The Hall–Kier alpha value is -4.21. The normalized spacial score (nSPS) is 21.3. The molecule has 0 saturated heterocycles. The van der Waals surface area contributed by atoms with E-state index < -0.39 is 22.8 Å². The first-order chi connectivity index (χ1) is 20.7. The Morgan fingerprint density at radius 2 is 1.67 bits per heavy atom. The Labute approximate surface area is 258 Å². The number of nitrogens with one attached hydrogen (secondary N) is 2. The quantitative estimate of drug-likeness (QED) is 0.233. The van der Waals surface area contributed by atoms with E-state index in [4.69, 9.17) is 34.0 Å². The van der Waals surface area contributed by atoms with Gasteiger partial charge in [-0.15, -0.1) is 0 Å². The summed E-state index contributed by atoms with van der Waals surface area (Å²) in [5.74, 6) is -0.533. The summed E-state index contributed by atoms with van der Waals surface area (Å²) in [6.45, 7) is 0. The van der Waals surface area contributed by atoms with Crippen LogP contribution in [0.4, 0.5) is 5.82 Å². The summed E-state index contributed by atoms with van der Waals surface area (Å²) in [6, 6.07) is 19.2. The smallest absolute Gasteiger partial charge is 0.240 e. The minimum absolute atomic E-state index is 0.176. The van der Waals surface area contributed by atoms with E-state index >= 15 is 0 Å². The van der Waals surface area contributed by atoms with E-state index in [1.165, 1.54) is 0 Å². The van der Waals surface area contributed by atoms with Crippen molar-refractivity contribution in [2.24, 2.45) is 16.6 Å². The third kappa shape index (κ3) is 5.62. The van der Waals surface area contributed by atoms with Crippen LogP contribution in [0, 0.1) is 10.8 Å². The van der Waals surface area contributed by atoms with E-state index in [-0.39, 0.29) is 11.8 Å². The first kappa shape index (κ1) is 28.9. The van der Waals surface area contributed by atoms with Gasteiger partial charge in [-0.05, 0) is 61.6 Å². The molecule has 220 valence electrons. The molecule has 4 aromatic rings. The topological polar surface area (TPSA) is 132 Å². The maximum absolute atomic E-state index is 13.9. The van der Waals surface area contributed by atoms with Gasteiger partial charge in [0.1, 0.15) is 11.9 Å². The van der Waals surface area contributed by atoms with Crippen LogP contribution in [0.15, 0.2) is 79.1 Å². The van der Waals surface area contributed by atoms with Gasteiger partial charge in [0, 0.05) is 30.4 Å². The summed E-state index contributed by atoms with van der Waals surface area (Å²) in [5.41, 5.74) is 7.16. The van der Waals surface area contributed by atoms with Crippen molar-refractivity contribution in [1.29, 1.82) is 0 Å². The number of carbonyl (C=O) groups excluding carboxylic acids is 3. The molecule has 7 rings (SSSR count). The summed E-state index contributed by atoms with van der Waals surface area (Å²) in [4.78, 5) is 43.9. The van der Waals surface area contributed by atoms with Crippen molar-refractivity contribution < 1.29 is 14.4 Å². The summed E-state index contributed by atoms with van der Waals surface area (Å²) in [5, 5.41) is 11.5. The molecule has 0 aliphatic heterocycles. The van der Waals surface area contributed by atoms with E-state index in [2.05, 4.69) is 15.6 Å². The maximum atomic E-state index is 13.9. The highest BCUT2D eigenvalue weighted by Crippen LogP contribution is 2.64. The highest BCUT2D eigenvalue weighted by atomic mass is 35.5. The van der Waals surface area contributed by atoms with Crippen LogP contribution in [0.1, 0.15) is 37.7 Å². The molecule has 3 aliphatic rings. The van der Waals surface area contributed by atoms with Crippen LogP contribution < -0.4 is 16.4 Å². The molecule has 3 fully saturated rings. The number of pyridine rings is 1. The molecule has 0 radical (unpaired) electrons. The molecule has 2 aromatic heterocycles. The molecule has 43 heavy (non-hydrogen) atoms. The van der Waals surface area contributed by atoms with Gasteiger partial charge in [0.15, 0.2) is 0 Å². The van der Waals surface area contributed by atoms with Crippen molar-refractivity contribution in [3.8, 4) is 16.9 Å². The van der Waals surface area contributed by atoms with Gasteiger partial charge < -0.3 is 16.4 Å². The van der Waals surface area contributed by atoms with Gasteiger partial charge in [0.2, 0.25) is 17.7 Å². The minimum Gasteiger partial charge on any atom is -0.368 e. The van der Waals surface area contributed by atoms with Crippen LogP contribution in [0.25, 0.3) is 16.9 Å². The molecule has 9 nitrogen and oxygen atoms in total. The second kappa shape index (κ2) is 11.5. The molecule has 2 bridgehead atoms. The number of fused-ring (bicyclic) bond motifs is 2. The zero-order valence-electron chi connectivity index (χ0n) is 23.2. The third-order valence-corrected chi connectivity index (χ3v) is 9.35. The molecule has 0 spiro atoms. The van der Waals surface area contributed by atoms with Crippen LogP contribution in [0.5, 0.6) is 0 Å². The van der Waals surface area contributed by atoms with Crippen LogP contribution >= 0.6 is 23.2 Å². The monoisotopic (exact) mass is 616 g/mol. The van der Waals surface area contributed by atoms with E-state index in [9.17, 15) is 14.4 Å². The molecule has 0 unspecified atom stereocenters. The highest BCUT2D eigenvalue weighted by Gasteiger charge is 2.64. The van der Waals surface area contributed by atoms with Crippen molar-refractivity contribution in [2.45, 2.75) is 44.6 Å². The van der Waals surface area contributed by atoms with E-state index in [0.29, 0.717) is 65.8 Å². The summed E-state index contributed by atoms with van der Waals surface area (Å²) >= 11 is 12.5. The number of hydrogen-bond donors (Lipinski definition) is 3. The molecule has 4 N–H and O–H groups in total. The molecule has 3 amide bonds. The fraction of sp³-hybridized carbons (Fsp3) is 0.281. The Bertz CT molecular complexity index is 1690. The Balaban J connectivity index is 1.22. The number of hydrogen-bond acceptors (Lipinski definition) is 5. The molecule has 1 atom stereocenters. The number of nitrogens with two attached hydrogens (primary N) is 1. The number of nitrogens with zero attached hydrogens (tertiary/aromatic N) is 3. The van der Waals surface area contributed by atoms with E-state index in [1.807, 2.05) is 42.5 Å². The molecule has 2 heterocycles. The lowest BCUT2D eigenvalue weighted by Gasteiger charge is -2.58. The first-order valence-corrected chi connectivity index (χ1v) is 14.9. The number of anilines is 1. The van der Waals surface area contributed by atoms with Crippen LogP contribution in [0.2, 0.25) is 10.0 Å². The van der Waals surface area contributed by atoms with Crippen molar-refractivity contribution in [3.05, 3.63) is 94.7 Å². The highest BCUT2D eigenvalue weighted by molar-refractivity contribution is 6.42. The number of halogens is 2. The predicted octanol–water partition coefficient (Wildman–Crippen LogP) is 5.34. The fourth-order valence-electron chi connectivity index (χ4n) is 6.48. The van der Waals surface area contributed by atoms with Crippen molar-refractivity contribution in [2.75, 3.05) is 5.32 Å². The Morgan fingerprint density at radius 1 is 0.930 bits per heavy atom. The average Bonchev–Trinajstić information content (AvgIpc) is 3.42. The molecule has 11 heteroatoms. The standard InChI is InChI=1S/C32H30Cl2N6O3/c33-23-10-9-22(15-24(23)34)40-27(16-25(39-40)21-8-4-13-36-17-21)38-30(43)32-12-5-11-31(18-32,19-32)29(42)37-26(28(35)41)14-20-6-2-1-3-7-20/h1-4,6-10,13,15-17,26H,5,11-12,14,18-19H2,(H2,35,41)(H,37,42)(H,38,43)/t26-,31?,32?/m0/s1. The molecular formula is C32H30Cl2N6O3. The zero-order chi connectivity index (χ0) is 30.2. The van der Waals surface area contributed by atoms with Crippen LogP contribution in [-0.2, 0) is 20.8 Å². The lowest BCUT2D eigenvalue weighted by Crippen LogP contribution is -2.63. The van der Waals surface area contributed by atoms with Crippen LogP contribution in [0.3, 0.4) is 0 Å². The predicted molar refractivity (Wildman–Crippen MR) is 165 cm³/mol. The zero-order valence-corrected chi connectivity index (χ0v) is 24.7. The van der Waals surface area contributed by atoms with Crippen molar-refractivity contribution in [3.63, 3.8) is 0 Å². The summed E-state index contributed by atoms with van der Waals surface area (Å²) < 4.78 is 1.61. The number of carbonyl (C=O) groups is 3. The largest absolute Gasteiger partial charge is 0.368 e. The van der Waals surface area contributed by atoms with Crippen LogP contribution in [-0.4, -0.2) is 38.5 Å². The minimum atomic E-state index is -0.832. The number of benzene rings is 2. The van der Waals surface area contributed by atoms with E-state index in [1.54, 1.807) is 41.3 Å². The van der Waals surface area contributed by atoms with Crippen molar-refractivity contribution in [1.82, 2.24) is 20.1 Å². The first-order valence-electron chi connectivity index (χ1n) is 14.1. The molecular weight excluding hydrogens is 587 g/mol. The second-order valence-electron chi connectivity index (χ2n) is 11.5. The maximum Gasteiger partial charge on any atom is 0.240 e. The number of primary amides is 1. The fourth-order valence-corrected chi connectivity index (χ4v) is 6.77.